The molecule has 0 saturated carbocycles. The number of hydrogen-bond acceptors (Lipinski definition) is 5. The molecule has 118 valence electrons. The van der Waals surface area contributed by atoms with E-state index in [1.807, 2.05) is 0 Å². The zero-order valence-electron chi connectivity index (χ0n) is 11.9. The van der Waals surface area contributed by atoms with E-state index >= 15 is 0 Å². The highest BCUT2D eigenvalue weighted by molar-refractivity contribution is 7.89. The zero-order valence-corrected chi connectivity index (χ0v) is 12.7. The number of rotatable bonds is 9. The molecule has 0 heterocycles. The second-order valence-electron chi connectivity index (χ2n) is 4.28. The SMILES string of the molecule is COCCOCCCNC(=O)c1ccc(S(N)(=O)=O)cc1. The molecule has 7 nitrogen and oxygen atoms in total. The summed E-state index contributed by atoms with van der Waals surface area (Å²) in [6, 6.07) is 5.45. The molecule has 8 heteroatoms. The molecule has 0 aliphatic rings. The van der Waals surface area contributed by atoms with Crippen LogP contribution in [0.4, 0.5) is 0 Å². The average molecular weight is 316 g/mol. The van der Waals surface area contributed by atoms with Crippen LogP contribution in [0, 0.1) is 0 Å². The highest BCUT2D eigenvalue weighted by Gasteiger charge is 2.09. The van der Waals surface area contributed by atoms with Crippen LogP contribution < -0.4 is 10.5 Å². The van der Waals surface area contributed by atoms with Gasteiger partial charge in [-0.1, -0.05) is 0 Å². The number of carbonyl (C=O) groups is 1. The van der Waals surface area contributed by atoms with Crippen LogP contribution in [0.1, 0.15) is 16.8 Å². The van der Waals surface area contributed by atoms with Crippen molar-refractivity contribution in [1.29, 1.82) is 0 Å². The number of benzene rings is 1. The molecule has 1 amide bonds. The molecule has 0 aliphatic carbocycles. The Labute approximate surface area is 124 Å². The molecule has 1 aromatic carbocycles. The maximum atomic E-state index is 11.8. The molecule has 0 bridgehead atoms. The largest absolute Gasteiger partial charge is 0.382 e. The van der Waals surface area contributed by atoms with E-state index in [1.54, 1.807) is 7.11 Å². The molecule has 0 atom stereocenters. The Balaban J connectivity index is 2.32. The number of nitrogens with one attached hydrogen (secondary N) is 1. The number of sulfonamides is 1. The first-order chi connectivity index (χ1) is 9.95. The fourth-order valence-electron chi connectivity index (χ4n) is 1.52. The normalized spacial score (nSPS) is 11.3. The predicted molar refractivity (Wildman–Crippen MR) is 77.5 cm³/mol. The van der Waals surface area contributed by atoms with Crippen LogP contribution in [0.3, 0.4) is 0 Å². The van der Waals surface area contributed by atoms with E-state index in [1.165, 1.54) is 24.3 Å². The van der Waals surface area contributed by atoms with Gasteiger partial charge in [-0.15, -0.1) is 0 Å². The van der Waals surface area contributed by atoms with Crippen LogP contribution in [-0.2, 0) is 19.5 Å². The summed E-state index contributed by atoms with van der Waals surface area (Å²) in [4.78, 5) is 11.8. The number of nitrogens with two attached hydrogens (primary N) is 1. The minimum Gasteiger partial charge on any atom is -0.382 e. The van der Waals surface area contributed by atoms with Gasteiger partial charge in [-0.25, -0.2) is 13.6 Å². The minimum atomic E-state index is -3.74. The Hall–Kier alpha value is -1.48. The van der Waals surface area contributed by atoms with Gasteiger partial charge in [-0.3, -0.25) is 4.79 Å². The lowest BCUT2D eigenvalue weighted by Crippen LogP contribution is -2.25. The number of amides is 1. The summed E-state index contributed by atoms with van der Waals surface area (Å²) < 4.78 is 32.3. The Morgan fingerprint density at radius 2 is 1.86 bits per heavy atom. The molecular formula is C13H20N2O5S. The van der Waals surface area contributed by atoms with Crippen LogP contribution in [0.2, 0.25) is 0 Å². The van der Waals surface area contributed by atoms with Crippen LogP contribution >= 0.6 is 0 Å². The number of hydrogen-bond donors (Lipinski definition) is 2. The molecule has 1 rings (SSSR count). The summed E-state index contributed by atoms with van der Waals surface area (Å²) in [6.45, 7) is 2.08. The fourth-order valence-corrected chi connectivity index (χ4v) is 2.03. The number of ether oxygens (including phenoxy) is 2. The quantitative estimate of drug-likeness (QED) is 0.629. The van der Waals surface area contributed by atoms with Gasteiger partial charge in [0.2, 0.25) is 10.0 Å². The first-order valence-electron chi connectivity index (χ1n) is 6.43. The fraction of sp³-hybridized carbons (Fsp3) is 0.462. The third-order valence-corrected chi connectivity index (χ3v) is 3.56. The second-order valence-corrected chi connectivity index (χ2v) is 5.85. The van der Waals surface area contributed by atoms with Gasteiger partial charge >= 0.3 is 0 Å². The Kier molecular flexibility index (Phi) is 7.30. The molecule has 0 aliphatic heterocycles. The van der Waals surface area contributed by atoms with Crippen molar-refractivity contribution in [1.82, 2.24) is 5.32 Å². The Morgan fingerprint density at radius 3 is 2.43 bits per heavy atom. The summed E-state index contributed by atoms with van der Waals surface area (Å²) in [5, 5.41) is 7.70. The average Bonchev–Trinajstić information content (AvgIpc) is 2.45. The van der Waals surface area contributed by atoms with Gasteiger partial charge in [-0.2, -0.15) is 0 Å². The Morgan fingerprint density at radius 1 is 1.19 bits per heavy atom. The molecule has 0 radical (unpaired) electrons. The van der Waals surface area contributed by atoms with E-state index in [0.717, 1.165) is 0 Å². The van der Waals surface area contributed by atoms with Crippen molar-refractivity contribution in [2.45, 2.75) is 11.3 Å². The maximum Gasteiger partial charge on any atom is 0.251 e. The van der Waals surface area contributed by atoms with Gasteiger partial charge in [-0.05, 0) is 30.7 Å². The van der Waals surface area contributed by atoms with Gasteiger partial charge in [0, 0.05) is 25.8 Å². The molecular weight excluding hydrogens is 296 g/mol. The lowest BCUT2D eigenvalue weighted by molar-refractivity contribution is 0.0688. The summed E-state index contributed by atoms with van der Waals surface area (Å²) in [5.74, 6) is -0.270. The molecule has 1 aromatic rings. The molecule has 0 fully saturated rings. The van der Waals surface area contributed by atoms with E-state index in [-0.39, 0.29) is 10.8 Å². The number of carbonyl (C=O) groups excluding carboxylic acids is 1. The lowest BCUT2D eigenvalue weighted by atomic mass is 10.2. The van der Waals surface area contributed by atoms with Crippen molar-refractivity contribution >= 4 is 15.9 Å². The number of primary sulfonamides is 1. The van der Waals surface area contributed by atoms with Gasteiger partial charge in [0.05, 0.1) is 18.1 Å². The summed E-state index contributed by atoms with van der Waals surface area (Å²) >= 11 is 0. The van der Waals surface area contributed by atoms with Crippen molar-refractivity contribution < 1.29 is 22.7 Å². The third kappa shape index (κ3) is 6.67. The van der Waals surface area contributed by atoms with Crippen molar-refractivity contribution in [3.63, 3.8) is 0 Å². The summed E-state index contributed by atoms with van der Waals surface area (Å²) in [6.07, 6.45) is 0.685. The van der Waals surface area contributed by atoms with Crippen LogP contribution in [0.15, 0.2) is 29.2 Å². The van der Waals surface area contributed by atoms with Gasteiger partial charge in [0.1, 0.15) is 0 Å². The van der Waals surface area contributed by atoms with Crippen LogP contribution in [0.5, 0.6) is 0 Å². The van der Waals surface area contributed by atoms with Gasteiger partial charge in [0.15, 0.2) is 0 Å². The lowest BCUT2D eigenvalue weighted by Gasteiger charge is -2.06. The molecule has 0 aromatic heterocycles. The predicted octanol–water partition coefficient (Wildman–Crippen LogP) is 0.117. The summed E-state index contributed by atoms with van der Waals surface area (Å²) in [7, 11) is -2.13. The summed E-state index contributed by atoms with van der Waals surface area (Å²) in [5.41, 5.74) is 0.378. The van der Waals surface area contributed by atoms with Crippen LogP contribution in [0.25, 0.3) is 0 Å². The molecule has 3 N–H and O–H groups in total. The van der Waals surface area contributed by atoms with Crippen LogP contribution in [-0.4, -0.2) is 47.8 Å². The van der Waals surface area contributed by atoms with Crippen molar-refractivity contribution in [3.8, 4) is 0 Å². The molecule has 21 heavy (non-hydrogen) atoms. The van der Waals surface area contributed by atoms with E-state index in [4.69, 9.17) is 14.6 Å². The molecule has 0 unspecified atom stereocenters. The standard InChI is InChI=1S/C13H20N2O5S/c1-19-9-10-20-8-2-7-15-13(16)11-3-5-12(6-4-11)21(14,17)18/h3-6H,2,7-10H2,1H3,(H,15,16)(H2,14,17,18). The maximum absolute atomic E-state index is 11.8. The van der Waals surface area contributed by atoms with E-state index in [9.17, 15) is 13.2 Å². The highest BCUT2D eigenvalue weighted by Crippen LogP contribution is 2.08. The Bertz CT molecular complexity index is 542. The number of methoxy groups -OCH3 is 1. The van der Waals surface area contributed by atoms with Crippen molar-refractivity contribution in [2.75, 3.05) is 33.5 Å². The smallest absolute Gasteiger partial charge is 0.251 e. The third-order valence-electron chi connectivity index (χ3n) is 2.63. The van der Waals surface area contributed by atoms with Gasteiger partial charge in [0.25, 0.3) is 5.91 Å². The topological polar surface area (TPSA) is 108 Å². The minimum absolute atomic E-state index is 0.0226. The van der Waals surface area contributed by atoms with E-state index in [0.29, 0.717) is 38.3 Å². The second kappa shape index (κ2) is 8.73. The van der Waals surface area contributed by atoms with Crippen molar-refractivity contribution in [3.05, 3.63) is 29.8 Å². The zero-order chi connectivity index (χ0) is 15.7. The van der Waals surface area contributed by atoms with E-state index < -0.39 is 10.0 Å². The van der Waals surface area contributed by atoms with Crippen molar-refractivity contribution in [2.24, 2.45) is 5.14 Å². The monoisotopic (exact) mass is 316 g/mol. The van der Waals surface area contributed by atoms with E-state index in [2.05, 4.69) is 5.32 Å². The van der Waals surface area contributed by atoms with Gasteiger partial charge < -0.3 is 14.8 Å². The molecule has 0 spiro atoms. The highest BCUT2D eigenvalue weighted by atomic mass is 32.2. The molecule has 0 saturated heterocycles. The first kappa shape index (κ1) is 17.6. The first-order valence-corrected chi connectivity index (χ1v) is 7.97.